The van der Waals surface area contributed by atoms with Gasteiger partial charge in [-0.25, -0.2) is 4.39 Å². The molecule has 0 saturated carbocycles. The van der Waals surface area contributed by atoms with E-state index in [1.807, 2.05) is 0 Å². The Kier molecular flexibility index (Phi) is 4.51. The van der Waals surface area contributed by atoms with Crippen molar-refractivity contribution in [2.45, 2.75) is 6.42 Å². The molecule has 0 atom stereocenters. The van der Waals surface area contributed by atoms with Crippen LogP contribution in [0.25, 0.3) is 0 Å². The Balaban J connectivity index is 2.76. The van der Waals surface area contributed by atoms with E-state index < -0.39 is 0 Å². The smallest absolute Gasteiger partial charge is 0.127 e. The van der Waals surface area contributed by atoms with Gasteiger partial charge in [0.1, 0.15) is 5.82 Å². The first-order valence-corrected chi connectivity index (χ1v) is 5.12. The molecule has 1 rings (SSSR count). The summed E-state index contributed by atoms with van der Waals surface area (Å²) in [5.74, 6) is -0.600. The highest BCUT2D eigenvalue weighted by molar-refractivity contribution is 9.10. The Bertz CT molecular complexity index is 300. The van der Waals surface area contributed by atoms with E-state index in [-0.39, 0.29) is 24.9 Å². The van der Waals surface area contributed by atoms with E-state index in [4.69, 9.17) is 10.2 Å². The van der Waals surface area contributed by atoms with Gasteiger partial charge in [0.05, 0.1) is 0 Å². The highest BCUT2D eigenvalue weighted by Crippen LogP contribution is 2.17. The lowest BCUT2D eigenvalue weighted by Gasteiger charge is -2.11. The van der Waals surface area contributed by atoms with Gasteiger partial charge in [0.15, 0.2) is 0 Å². The summed E-state index contributed by atoms with van der Waals surface area (Å²) in [5.41, 5.74) is 0.515. The standard InChI is InChI=1S/C10H12BrFO2/c11-9-2-1-8(10(12)4-9)3-7(5-13)6-14/h1-2,4,7,13-14H,3,5-6H2. The van der Waals surface area contributed by atoms with Gasteiger partial charge in [0.2, 0.25) is 0 Å². The van der Waals surface area contributed by atoms with Gasteiger partial charge in [0.25, 0.3) is 0 Å². The zero-order valence-corrected chi connectivity index (χ0v) is 9.17. The van der Waals surface area contributed by atoms with Crippen molar-refractivity contribution < 1.29 is 14.6 Å². The molecule has 0 aliphatic heterocycles. The first-order chi connectivity index (χ1) is 6.67. The van der Waals surface area contributed by atoms with Gasteiger partial charge < -0.3 is 10.2 Å². The number of halogens is 2. The van der Waals surface area contributed by atoms with Crippen molar-refractivity contribution in [3.8, 4) is 0 Å². The molecule has 2 nitrogen and oxygen atoms in total. The summed E-state index contributed by atoms with van der Waals surface area (Å²) in [7, 11) is 0. The predicted octanol–water partition coefficient (Wildman–Crippen LogP) is 1.73. The lowest BCUT2D eigenvalue weighted by atomic mass is 10.0. The minimum atomic E-state index is -0.314. The van der Waals surface area contributed by atoms with Crippen molar-refractivity contribution in [1.29, 1.82) is 0 Å². The van der Waals surface area contributed by atoms with Crippen molar-refractivity contribution in [3.63, 3.8) is 0 Å². The van der Waals surface area contributed by atoms with Crippen LogP contribution in [-0.2, 0) is 6.42 Å². The third-order valence-corrected chi connectivity index (χ3v) is 2.53. The second kappa shape index (κ2) is 5.44. The molecule has 4 heteroatoms. The monoisotopic (exact) mass is 262 g/mol. The first kappa shape index (κ1) is 11.6. The van der Waals surface area contributed by atoms with Gasteiger partial charge in [-0.2, -0.15) is 0 Å². The minimum Gasteiger partial charge on any atom is -0.396 e. The van der Waals surface area contributed by atoms with Crippen molar-refractivity contribution in [1.82, 2.24) is 0 Å². The van der Waals surface area contributed by atoms with Crippen LogP contribution in [0.5, 0.6) is 0 Å². The highest BCUT2D eigenvalue weighted by atomic mass is 79.9. The molecule has 0 aliphatic rings. The van der Waals surface area contributed by atoms with E-state index >= 15 is 0 Å². The van der Waals surface area contributed by atoms with Gasteiger partial charge in [-0.15, -0.1) is 0 Å². The first-order valence-electron chi connectivity index (χ1n) is 4.33. The topological polar surface area (TPSA) is 40.5 Å². The van der Waals surface area contributed by atoms with Crippen LogP contribution in [0.2, 0.25) is 0 Å². The molecular formula is C10H12BrFO2. The molecule has 0 unspecified atom stereocenters. The average Bonchev–Trinajstić information content (AvgIpc) is 2.17. The maximum Gasteiger partial charge on any atom is 0.127 e. The number of rotatable bonds is 4. The molecule has 0 fully saturated rings. The molecule has 0 aliphatic carbocycles. The Morgan fingerprint density at radius 2 is 1.93 bits per heavy atom. The van der Waals surface area contributed by atoms with E-state index in [1.165, 1.54) is 6.07 Å². The van der Waals surface area contributed by atoms with Crippen molar-refractivity contribution in [2.24, 2.45) is 5.92 Å². The second-order valence-electron chi connectivity index (χ2n) is 3.17. The normalized spacial score (nSPS) is 10.9. The summed E-state index contributed by atoms with van der Waals surface area (Å²) in [6.07, 6.45) is 0.353. The Morgan fingerprint density at radius 1 is 1.29 bits per heavy atom. The molecule has 0 saturated heterocycles. The van der Waals surface area contributed by atoms with Crippen LogP contribution in [0.1, 0.15) is 5.56 Å². The number of aliphatic hydroxyl groups is 2. The number of benzene rings is 1. The fraction of sp³-hybridized carbons (Fsp3) is 0.400. The second-order valence-corrected chi connectivity index (χ2v) is 4.09. The lowest BCUT2D eigenvalue weighted by Crippen LogP contribution is -2.14. The summed E-state index contributed by atoms with van der Waals surface area (Å²) in [6.45, 7) is -0.266. The summed E-state index contributed by atoms with van der Waals surface area (Å²) >= 11 is 3.16. The number of aliphatic hydroxyl groups excluding tert-OH is 2. The van der Waals surface area contributed by atoms with Crippen molar-refractivity contribution >= 4 is 15.9 Å². The van der Waals surface area contributed by atoms with Crippen LogP contribution < -0.4 is 0 Å². The summed E-state index contributed by atoms with van der Waals surface area (Å²) in [6, 6.07) is 4.77. The predicted molar refractivity (Wildman–Crippen MR) is 55.5 cm³/mol. The maximum atomic E-state index is 13.3. The summed E-state index contributed by atoms with van der Waals surface area (Å²) < 4.78 is 14.0. The van der Waals surface area contributed by atoms with Crippen molar-refractivity contribution in [2.75, 3.05) is 13.2 Å². The molecule has 0 heterocycles. The van der Waals surface area contributed by atoms with Crippen LogP contribution in [0.3, 0.4) is 0 Å². The third kappa shape index (κ3) is 3.04. The van der Waals surface area contributed by atoms with Gasteiger partial charge in [-0.3, -0.25) is 0 Å². The summed E-state index contributed by atoms with van der Waals surface area (Å²) in [5, 5.41) is 17.7. The largest absolute Gasteiger partial charge is 0.396 e. The van der Waals surface area contributed by atoms with E-state index in [0.29, 0.717) is 16.5 Å². The average molecular weight is 263 g/mol. The van der Waals surface area contributed by atoms with E-state index in [9.17, 15) is 4.39 Å². The fourth-order valence-electron chi connectivity index (χ4n) is 1.19. The molecule has 0 bridgehead atoms. The molecular weight excluding hydrogens is 251 g/mol. The zero-order chi connectivity index (χ0) is 10.6. The van der Waals surface area contributed by atoms with Crippen LogP contribution in [0.4, 0.5) is 4.39 Å². The molecule has 14 heavy (non-hydrogen) atoms. The minimum absolute atomic E-state index is 0.133. The Hall–Kier alpha value is -0.450. The molecule has 0 amide bonds. The molecule has 1 aromatic carbocycles. The van der Waals surface area contributed by atoms with Gasteiger partial charge in [-0.1, -0.05) is 22.0 Å². The molecule has 0 spiro atoms. The maximum absolute atomic E-state index is 13.3. The fourth-order valence-corrected chi connectivity index (χ4v) is 1.52. The van der Waals surface area contributed by atoms with Crippen LogP contribution in [0.15, 0.2) is 22.7 Å². The quantitative estimate of drug-likeness (QED) is 0.868. The van der Waals surface area contributed by atoms with Crippen LogP contribution >= 0.6 is 15.9 Å². The van der Waals surface area contributed by atoms with E-state index in [2.05, 4.69) is 15.9 Å². The van der Waals surface area contributed by atoms with Gasteiger partial charge >= 0.3 is 0 Å². The van der Waals surface area contributed by atoms with Crippen molar-refractivity contribution in [3.05, 3.63) is 34.1 Å². The molecule has 0 aromatic heterocycles. The SMILES string of the molecule is OCC(CO)Cc1ccc(Br)cc1F. The number of hydrogen-bond donors (Lipinski definition) is 2. The van der Waals surface area contributed by atoms with E-state index in [0.717, 1.165) is 0 Å². The molecule has 1 aromatic rings. The third-order valence-electron chi connectivity index (χ3n) is 2.04. The number of hydrogen-bond acceptors (Lipinski definition) is 2. The van der Waals surface area contributed by atoms with Gasteiger partial charge in [-0.05, 0) is 24.1 Å². The van der Waals surface area contributed by atoms with E-state index in [1.54, 1.807) is 12.1 Å². The molecule has 2 N–H and O–H groups in total. The highest BCUT2D eigenvalue weighted by Gasteiger charge is 2.10. The van der Waals surface area contributed by atoms with Gasteiger partial charge in [0, 0.05) is 23.6 Å². The zero-order valence-electron chi connectivity index (χ0n) is 7.58. The summed E-state index contributed by atoms with van der Waals surface area (Å²) in [4.78, 5) is 0. The molecule has 78 valence electrons. The molecule has 0 radical (unpaired) electrons. The van der Waals surface area contributed by atoms with Crippen LogP contribution in [0, 0.1) is 11.7 Å². The van der Waals surface area contributed by atoms with Crippen LogP contribution in [-0.4, -0.2) is 23.4 Å². The Labute approximate surface area is 90.5 Å². The lowest BCUT2D eigenvalue weighted by molar-refractivity contribution is 0.149. The Morgan fingerprint density at radius 3 is 2.43 bits per heavy atom.